The van der Waals surface area contributed by atoms with Crippen LogP contribution in [0.1, 0.15) is 33.5 Å². The van der Waals surface area contributed by atoms with Gasteiger partial charge in [-0.05, 0) is 37.1 Å². The summed E-state index contributed by atoms with van der Waals surface area (Å²) in [5.74, 6) is -1.80. The van der Waals surface area contributed by atoms with Crippen LogP contribution in [0.25, 0.3) is 0 Å². The van der Waals surface area contributed by atoms with E-state index in [4.69, 9.17) is 0 Å². The number of nitrogens with one attached hydrogen (secondary N) is 1. The number of aryl methyl sites for hydroxylation is 1. The smallest absolute Gasteiger partial charge is 0.416 e. The molecule has 2 aromatic carbocycles. The molecular weight excluding hydrogens is 373 g/mol. The van der Waals surface area contributed by atoms with Crippen LogP contribution in [0.15, 0.2) is 42.5 Å². The maximum Gasteiger partial charge on any atom is 0.416 e. The molecule has 3 rings (SSSR count). The van der Waals surface area contributed by atoms with E-state index in [9.17, 15) is 27.9 Å². The van der Waals surface area contributed by atoms with Crippen LogP contribution in [0.5, 0.6) is 5.75 Å². The van der Waals surface area contributed by atoms with Gasteiger partial charge in [0.2, 0.25) is 5.91 Å². The van der Waals surface area contributed by atoms with Gasteiger partial charge in [-0.1, -0.05) is 29.8 Å². The van der Waals surface area contributed by atoms with E-state index in [1.54, 1.807) is 4.90 Å². The highest BCUT2D eigenvalue weighted by Crippen LogP contribution is 2.32. The Morgan fingerprint density at radius 2 is 2.00 bits per heavy atom. The average molecular weight is 392 g/mol. The van der Waals surface area contributed by atoms with Crippen molar-refractivity contribution in [3.05, 3.63) is 64.7 Å². The van der Waals surface area contributed by atoms with Crippen molar-refractivity contribution in [1.82, 2.24) is 10.2 Å². The first kappa shape index (κ1) is 19.7. The van der Waals surface area contributed by atoms with E-state index >= 15 is 0 Å². The molecule has 0 saturated carbocycles. The molecule has 5 nitrogen and oxygen atoms in total. The molecule has 1 unspecified atom stereocenters. The lowest BCUT2D eigenvalue weighted by Crippen LogP contribution is -2.41. The Balaban J connectivity index is 1.69. The van der Waals surface area contributed by atoms with E-state index in [1.807, 2.05) is 31.2 Å². The zero-order valence-electron chi connectivity index (χ0n) is 15.1. The molecule has 148 valence electrons. The molecule has 0 spiro atoms. The lowest BCUT2D eigenvalue weighted by molar-refractivity contribution is -0.137. The molecule has 0 bridgehead atoms. The molecule has 1 saturated heterocycles. The first-order valence-corrected chi connectivity index (χ1v) is 8.70. The molecule has 2 N–H and O–H groups in total. The summed E-state index contributed by atoms with van der Waals surface area (Å²) in [6.07, 6.45) is -4.30. The highest BCUT2D eigenvalue weighted by Gasteiger charge is 2.35. The molecule has 1 aliphatic heterocycles. The predicted molar refractivity (Wildman–Crippen MR) is 95.6 cm³/mol. The SMILES string of the molecule is Cc1cccc(CN2CCC(NC(=O)c3cc(C(F)(F)F)ccc3O)C2=O)c1. The number of hydrogen-bond donors (Lipinski definition) is 2. The summed E-state index contributed by atoms with van der Waals surface area (Å²) in [6.45, 7) is 2.76. The van der Waals surface area contributed by atoms with Crippen LogP contribution in [0.4, 0.5) is 13.2 Å². The molecule has 1 fully saturated rings. The molecule has 0 radical (unpaired) electrons. The van der Waals surface area contributed by atoms with Gasteiger partial charge in [-0.3, -0.25) is 9.59 Å². The van der Waals surface area contributed by atoms with Gasteiger partial charge in [0.05, 0.1) is 11.1 Å². The van der Waals surface area contributed by atoms with Crippen molar-refractivity contribution in [2.24, 2.45) is 0 Å². The molecular formula is C20H19F3N2O3. The van der Waals surface area contributed by atoms with Gasteiger partial charge in [0.25, 0.3) is 5.91 Å². The van der Waals surface area contributed by atoms with Crippen molar-refractivity contribution < 1.29 is 27.9 Å². The molecule has 2 aromatic rings. The van der Waals surface area contributed by atoms with Crippen molar-refractivity contribution in [3.63, 3.8) is 0 Å². The second kappa shape index (κ2) is 7.53. The van der Waals surface area contributed by atoms with Crippen LogP contribution >= 0.6 is 0 Å². The largest absolute Gasteiger partial charge is 0.507 e. The van der Waals surface area contributed by atoms with Crippen LogP contribution in [0.2, 0.25) is 0 Å². The number of hydrogen-bond acceptors (Lipinski definition) is 3. The molecule has 0 aliphatic carbocycles. The molecule has 1 atom stereocenters. The lowest BCUT2D eigenvalue weighted by Gasteiger charge is -2.18. The molecule has 1 aliphatic rings. The van der Waals surface area contributed by atoms with E-state index in [-0.39, 0.29) is 5.91 Å². The van der Waals surface area contributed by atoms with E-state index in [1.165, 1.54) is 0 Å². The number of benzene rings is 2. The van der Waals surface area contributed by atoms with Crippen molar-refractivity contribution >= 4 is 11.8 Å². The number of aromatic hydroxyl groups is 1. The topological polar surface area (TPSA) is 69.6 Å². The number of carbonyl (C=O) groups is 2. The van der Waals surface area contributed by atoms with Gasteiger partial charge >= 0.3 is 6.18 Å². The minimum absolute atomic E-state index is 0.304. The Labute approximate surface area is 159 Å². The Morgan fingerprint density at radius 1 is 1.25 bits per heavy atom. The third-order valence-corrected chi connectivity index (χ3v) is 4.63. The Morgan fingerprint density at radius 3 is 2.68 bits per heavy atom. The summed E-state index contributed by atoms with van der Waals surface area (Å²) in [4.78, 5) is 26.5. The fraction of sp³-hybridized carbons (Fsp3) is 0.300. The molecule has 0 aromatic heterocycles. The maximum absolute atomic E-state index is 12.8. The summed E-state index contributed by atoms with van der Waals surface area (Å²) < 4.78 is 38.5. The Hall–Kier alpha value is -3.03. The average Bonchev–Trinajstić information content (AvgIpc) is 2.94. The van der Waals surface area contributed by atoms with Crippen molar-refractivity contribution in [2.45, 2.75) is 32.1 Å². The summed E-state index contributed by atoms with van der Waals surface area (Å²) in [5.41, 5.74) is 0.457. The summed E-state index contributed by atoms with van der Waals surface area (Å²) in [6, 6.07) is 8.93. The van der Waals surface area contributed by atoms with Gasteiger partial charge in [-0.25, -0.2) is 0 Å². The predicted octanol–water partition coefficient (Wildman–Crippen LogP) is 3.25. The quantitative estimate of drug-likeness (QED) is 0.839. The highest BCUT2D eigenvalue weighted by molar-refractivity contribution is 6.00. The fourth-order valence-electron chi connectivity index (χ4n) is 3.19. The minimum atomic E-state index is -4.64. The van der Waals surface area contributed by atoms with Gasteiger partial charge in [0, 0.05) is 13.1 Å². The monoisotopic (exact) mass is 392 g/mol. The number of likely N-dealkylation sites (tertiary alicyclic amines) is 1. The Kier molecular flexibility index (Phi) is 5.31. The highest BCUT2D eigenvalue weighted by atomic mass is 19.4. The minimum Gasteiger partial charge on any atom is -0.507 e. The second-order valence-corrected chi connectivity index (χ2v) is 6.79. The van der Waals surface area contributed by atoms with Crippen LogP contribution in [-0.4, -0.2) is 34.4 Å². The number of carbonyl (C=O) groups excluding carboxylic acids is 2. The number of phenols is 1. The van der Waals surface area contributed by atoms with Crippen LogP contribution in [-0.2, 0) is 17.5 Å². The van der Waals surface area contributed by atoms with Gasteiger partial charge in [0.15, 0.2) is 0 Å². The third kappa shape index (κ3) is 4.27. The third-order valence-electron chi connectivity index (χ3n) is 4.63. The van der Waals surface area contributed by atoms with E-state index in [2.05, 4.69) is 5.32 Å². The number of phenolic OH excluding ortho intramolecular Hbond substituents is 1. The first-order chi connectivity index (χ1) is 13.1. The number of halogens is 3. The van der Waals surface area contributed by atoms with Crippen LogP contribution < -0.4 is 5.32 Å². The van der Waals surface area contributed by atoms with Crippen molar-refractivity contribution in [1.29, 1.82) is 0 Å². The number of amides is 2. The standard InChI is InChI=1S/C20H19F3N2O3/c1-12-3-2-4-13(9-12)11-25-8-7-16(19(25)28)24-18(27)15-10-14(20(21,22)23)5-6-17(15)26/h2-6,9-10,16,26H,7-8,11H2,1H3,(H,24,27). The molecule has 1 heterocycles. The number of nitrogens with zero attached hydrogens (tertiary/aromatic N) is 1. The second-order valence-electron chi connectivity index (χ2n) is 6.79. The van der Waals surface area contributed by atoms with E-state index in [0.717, 1.165) is 17.2 Å². The Bertz CT molecular complexity index is 912. The van der Waals surface area contributed by atoms with Gasteiger partial charge < -0.3 is 15.3 Å². The van der Waals surface area contributed by atoms with Gasteiger partial charge in [-0.15, -0.1) is 0 Å². The molecule has 28 heavy (non-hydrogen) atoms. The molecule has 8 heteroatoms. The van der Waals surface area contributed by atoms with Crippen LogP contribution in [0, 0.1) is 6.92 Å². The lowest BCUT2D eigenvalue weighted by atomic mass is 10.1. The zero-order chi connectivity index (χ0) is 20.5. The maximum atomic E-state index is 12.8. The normalized spacial score (nSPS) is 17.1. The number of alkyl halides is 3. The van der Waals surface area contributed by atoms with Gasteiger partial charge in [0.1, 0.15) is 11.8 Å². The van der Waals surface area contributed by atoms with Crippen molar-refractivity contribution in [3.8, 4) is 5.75 Å². The summed E-state index contributed by atoms with van der Waals surface area (Å²) >= 11 is 0. The first-order valence-electron chi connectivity index (χ1n) is 8.70. The van der Waals surface area contributed by atoms with Crippen LogP contribution in [0.3, 0.4) is 0 Å². The van der Waals surface area contributed by atoms with E-state index < -0.39 is 35.0 Å². The molecule has 2 amide bonds. The fourth-order valence-corrected chi connectivity index (χ4v) is 3.19. The van der Waals surface area contributed by atoms with E-state index in [0.29, 0.717) is 31.6 Å². The summed E-state index contributed by atoms with van der Waals surface area (Å²) in [7, 11) is 0. The van der Waals surface area contributed by atoms with Crippen molar-refractivity contribution in [2.75, 3.05) is 6.54 Å². The van der Waals surface area contributed by atoms with Gasteiger partial charge in [-0.2, -0.15) is 13.2 Å². The summed E-state index contributed by atoms with van der Waals surface area (Å²) in [5, 5.41) is 12.2. The number of rotatable bonds is 4. The zero-order valence-corrected chi connectivity index (χ0v) is 15.1.